The van der Waals surface area contributed by atoms with Crippen molar-refractivity contribution in [1.29, 1.82) is 0 Å². The lowest BCUT2D eigenvalue weighted by Gasteiger charge is -2.08. The van der Waals surface area contributed by atoms with Crippen LogP contribution in [0.15, 0.2) is 57.5 Å². The van der Waals surface area contributed by atoms with Crippen LogP contribution in [0.25, 0.3) is 11.3 Å². The van der Waals surface area contributed by atoms with Gasteiger partial charge in [0.15, 0.2) is 10.3 Å². The second kappa shape index (κ2) is 12.2. The average molecular weight is 613 g/mol. The van der Waals surface area contributed by atoms with Crippen LogP contribution < -0.4 is 10.1 Å². The number of halogens is 3. The van der Waals surface area contributed by atoms with Gasteiger partial charge in [-0.3, -0.25) is 4.79 Å². The third kappa shape index (κ3) is 7.20. The van der Waals surface area contributed by atoms with Gasteiger partial charge in [-0.1, -0.05) is 63.0 Å². The van der Waals surface area contributed by atoms with E-state index in [1.165, 1.54) is 23.1 Å². The van der Waals surface area contributed by atoms with Crippen LogP contribution in [0.3, 0.4) is 0 Å². The molecular formula is C23H20BrCl2N5O2S2. The highest BCUT2D eigenvalue weighted by molar-refractivity contribution is 9.10. The molecule has 0 aliphatic carbocycles. The molecule has 4 aromatic rings. The van der Waals surface area contributed by atoms with Gasteiger partial charge in [0, 0.05) is 33.9 Å². The quantitative estimate of drug-likeness (QED) is 0.158. The van der Waals surface area contributed by atoms with Crippen molar-refractivity contribution in [3.8, 4) is 17.0 Å². The number of rotatable bonds is 10. The van der Waals surface area contributed by atoms with E-state index in [1.54, 1.807) is 18.2 Å². The lowest BCUT2D eigenvalue weighted by molar-refractivity contribution is -0.113. The minimum atomic E-state index is -0.149. The molecule has 12 heteroatoms. The number of hydrogen-bond donors (Lipinski definition) is 1. The van der Waals surface area contributed by atoms with Crippen LogP contribution in [0.5, 0.6) is 5.75 Å². The Bertz CT molecular complexity index is 1310. The Hall–Kier alpha value is -2.11. The first kappa shape index (κ1) is 26.0. The minimum Gasteiger partial charge on any atom is -0.492 e. The predicted octanol–water partition coefficient (Wildman–Crippen LogP) is 6.75. The van der Waals surface area contributed by atoms with Crippen LogP contribution in [0, 0.1) is 0 Å². The normalized spacial score (nSPS) is 11.0. The summed E-state index contributed by atoms with van der Waals surface area (Å²) in [7, 11) is 1.89. The van der Waals surface area contributed by atoms with Gasteiger partial charge in [-0.15, -0.1) is 21.5 Å². The summed E-state index contributed by atoms with van der Waals surface area (Å²) in [5.41, 5.74) is 1.82. The standard InChI is InChI=1S/C23H20BrCl2N5O2S2/c1-31-20(3-2-10-33-19-9-8-16(25)11-17(19)26)29-30-23(31)35-13-21(32)28-22-27-18(12-34-22)14-4-6-15(24)7-5-14/h4-9,11-12H,2-3,10,13H2,1H3,(H,27,28,32). The molecule has 2 aromatic heterocycles. The number of anilines is 1. The van der Waals surface area contributed by atoms with E-state index in [0.717, 1.165) is 28.0 Å². The number of carbonyl (C=O) groups is 1. The topological polar surface area (TPSA) is 81.9 Å². The molecule has 0 fully saturated rings. The van der Waals surface area contributed by atoms with Crippen molar-refractivity contribution >= 4 is 73.3 Å². The van der Waals surface area contributed by atoms with Gasteiger partial charge in [0.25, 0.3) is 0 Å². The van der Waals surface area contributed by atoms with Crippen molar-refractivity contribution in [3.05, 3.63) is 68.2 Å². The number of nitrogens with one attached hydrogen (secondary N) is 1. The van der Waals surface area contributed by atoms with Crippen LogP contribution in [0.1, 0.15) is 12.2 Å². The third-order valence-corrected chi connectivity index (χ3v) is 7.68. The maximum Gasteiger partial charge on any atom is 0.236 e. The first-order chi connectivity index (χ1) is 16.9. The van der Waals surface area contributed by atoms with Gasteiger partial charge in [0.2, 0.25) is 5.91 Å². The molecule has 4 rings (SSSR count). The van der Waals surface area contributed by atoms with Crippen molar-refractivity contribution in [1.82, 2.24) is 19.7 Å². The molecule has 2 heterocycles. The van der Waals surface area contributed by atoms with Gasteiger partial charge < -0.3 is 14.6 Å². The van der Waals surface area contributed by atoms with E-state index in [2.05, 4.69) is 36.4 Å². The Balaban J connectivity index is 1.22. The van der Waals surface area contributed by atoms with Gasteiger partial charge >= 0.3 is 0 Å². The summed E-state index contributed by atoms with van der Waals surface area (Å²) in [4.78, 5) is 16.9. The molecule has 0 unspecified atom stereocenters. The van der Waals surface area contributed by atoms with Crippen molar-refractivity contribution in [2.24, 2.45) is 7.05 Å². The van der Waals surface area contributed by atoms with Gasteiger partial charge in [-0.05, 0) is 36.8 Å². The summed E-state index contributed by atoms with van der Waals surface area (Å²) in [5, 5.41) is 15.5. The molecular weight excluding hydrogens is 593 g/mol. The van der Waals surface area contributed by atoms with E-state index in [4.69, 9.17) is 27.9 Å². The largest absolute Gasteiger partial charge is 0.492 e. The zero-order valence-corrected chi connectivity index (χ0v) is 23.2. The van der Waals surface area contributed by atoms with E-state index in [9.17, 15) is 4.79 Å². The number of hydrogen-bond acceptors (Lipinski definition) is 7. The highest BCUT2D eigenvalue weighted by Crippen LogP contribution is 2.28. The molecule has 2 aromatic carbocycles. The maximum absolute atomic E-state index is 12.4. The lowest BCUT2D eigenvalue weighted by Crippen LogP contribution is -2.14. The summed E-state index contributed by atoms with van der Waals surface area (Å²) < 4.78 is 8.61. The number of aryl methyl sites for hydroxylation is 1. The second-order valence-electron chi connectivity index (χ2n) is 7.37. The fourth-order valence-corrected chi connectivity index (χ4v) is 5.26. The average Bonchev–Trinajstić information content (AvgIpc) is 3.43. The SMILES string of the molecule is Cn1c(CCCOc2ccc(Cl)cc2Cl)nnc1SCC(=O)Nc1nc(-c2ccc(Br)cc2)cs1. The zero-order chi connectivity index (χ0) is 24.8. The molecule has 0 spiro atoms. The maximum atomic E-state index is 12.4. The molecule has 35 heavy (non-hydrogen) atoms. The summed E-state index contributed by atoms with van der Waals surface area (Å²) in [6, 6.07) is 13.0. The Morgan fingerprint density at radius 1 is 1.20 bits per heavy atom. The highest BCUT2D eigenvalue weighted by Gasteiger charge is 2.13. The summed E-state index contributed by atoms with van der Waals surface area (Å²) in [5.74, 6) is 1.47. The Morgan fingerprint density at radius 2 is 2.00 bits per heavy atom. The monoisotopic (exact) mass is 611 g/mol. The molecule has 182 valence electrons. The number of amides is 1. The van der Waals surface area contributed by atoms with Crippen molar-refractivity contribution < 1.29 is 9.53 Å². The van der Waals surface area contributed by atoms with Gasteiger partial charge in [0.1, 0.15) is 11.6 Å². The lowest BCUT2D eigenvalue weighted by atomic mass is 10.2. The molecule has 1 amide bonds. The van der Waals surface area contributed by atoms with E-state index in [-0.39, 0.29) is 11.7 Å². The van der Waals surface area contributed by atoms with E-state index >= 15 is 0 Å². The van der Waals surface area contributed by atoms with Gasteiger partial charge in [-0.25, -0.2) is 4.98 Å². The van der Waals surface area contributed by atoms with Crippen LogP contribution in [-0.2, 0) is 18.3 Å². The Kier molecular flexibility index (Phi) is 9.07. The smallest absolute Gasteiger partial charge is 0.236 e. The first-order valence-corrected chi connectivity index (χ1v) is 13.9. The number of thiazole rings is 1. The highest BCUT2D eigenvalue weighted by atomic mass is 79.9. The summed E-state index contributed by atoms with van der Waals surface area (Å²) in [6.45, 7) is 0.481. The van der Waals surface area contributed by atoms with E-state index < -0.39 is 0 Å². The van der Waals surface area contributed by atoms with E-state index in [1.807, 2.05) is 41.3 Å². The summed E-state index contributed by atoms with van der Waals surface area (Å²) in [6.07, 6.45) is 1.42. The molecule has 1 N–H and O–H groups in total. The van der Waals surface area contributed by atoms with Crippen LogP contribution >= 0.6 is 62.2 Å². The van der Waals surface area contributed by atoms with E-state index in [0.29, 0.717) is 39.1 Å². The van der Waals surface area contributed by atoms with Crippen LogP contribution in [-0.4, -0.2) is 38.0 Å². The van der Waals surface area contributed by atoms with Crippen LogP contribution in [0.2, 0.25) is 10.0 Å². The molecule has 7 nitrogen and oxygen atoms in total. The molecule has 0 aliphatic heterocycles. The molecule has 0 aliphatic rings. The predicted molar refractivity (Wildman–Crippen MR) is 146 cm³/mol. The third-order valence-electron chi connectivity index (χ3n) is 4.84. The molecule has 0 radical (unpaired) electrons. The number of thioether (sulfide) groups is 1. The van der Waals surface area contributed by atoms with Gasteiger partial charge in [-0.2, -0.15) is 0 Å². The van der Waals surface area contributed by atoms with Crippen molar-refractivity contribution in [2.45, 2.75) is 18.0 Å². The second-order valence-corrected chi connectivity index (χ2v) is 10.9. The summed E-state index contributed by atoms with van der Waals surface area (Å²) >= 11 is 18.2. The van der Waals surface area contributed by atoms with Gasteiger partial charge in [0.05, 0.1) is 23.1 Å². The Morgan fingerprint density at radius 3 is 2.77 bits per heavy atom. The molecule has 0 saturated carbocycles. The molecule has 0 saturated heterocycles. The first-order valence-electron chi connectivity index (χ1n) is 10.5. The molecule has 0 atom stereocenters. The number of carbonyl (C=O) groups excluding carboxylic acids is 1. The van der Waals surface area contributed by atoms with Crippen molar-refractivity contribution in [2.75, 3.05) is 17.7 Å². The Labute approximate surface area is 229 Å². The number of ether oxygens (including phenoxy) is 1. The molecule has 0 bridgehead atoms. The minimum absolute atomic E-state index is 0.149. The number of nitrogens with zero attached hydrogens (tertiary/aromatic N) is 4. The zero-order valence-electron chi connectivity index (χ0n) is 18.5. The number of aromatic nitrogens is 4. The van der Waals surface area contributed by atoms with Crippen molar-refractivity contribution in [3.63, 3.8) is 0 Å². The van der Waals surface area contributed by atoms with Crippen LogP contribution in [0.4, 0.5) is 5.13 Å². The fraction of sp³-hybridized carbons (Fsp3) is 0.217. The fourth-order valence-electron chi connectivity index (χ4n) is 3.06. The number of benzene rings is 2.